The van der Waals surface area contributed by atoms with E-state index in [1.807, 2.05) is 6.08 Å². The minimum absolute atomic E-state index is 0.0275. The highest BCUT2D eigenvalue weighted by molar-refractivity contribution is 5.97. The summed E-state index contributed by atoms with van der Waals surface area (Å²) in [5.41, 5.74) is 4.04. The maximum atomic E-state index is 11.7. The summed E-state index contributed by atoms with van der Waals surface area (Å²) in [4.78, 5) is 24.9. The van der Waals surface area contributed by atoms with E-state index in [1.165, 1.54) is 21.6 Å². The first kappa shape index (κ1) is 19.4. The van der Waals surface area contributed by atoms with Gasteiger partial charge in [-0.25, -0.2) is 0 Å². The minimum atomic E-state index is -0.0275. The van der Waals surface area contributed by atoms with Crippen molar-refractivity contribution in [3.05, 3.63) is 34.9 Å². The molecule has 1 rings (SSSR count). The molecule has 0 bridgehead atoms. The number of allylic oxidation sites excluding steroid dienone is 5. The zero-order chi connectivity index (χ0) is 17.2. The van der Waals surface area contributed by atoms with E-state index >= 15 is 0 Å². The standard InChI is InChI=1S/C20H31NO2/c1-16(2)8-5-9-17(3)10-6-11-18(4)14-15-21-19(22)12-7-13-20(21)23/h8,10,14H,5-7,9,11-13,15H2,1-4H3/b17-10+,18-14+. The average Bonchev–Trinajstić information content (AvgIpc) is 2.46. The Morgan fingerprint density at radius 2 is 1.39 bits per heavy atom. The maximum absolute atomic E-state index is 11.7. The van der Waals surface area contributed by atoms with Crippen LogP contribution >= 0.6 is 0 Å². The normalized spacial score (nSPS) is 16.8. The number of hydrogen-bond donors (Lipinski definition) is 0. The van der Waals surface area contributed by atoms with Gasteiger partial charge in [0.1, 0.15) is 0 Å². The lowest BCUT2D eigenvalue weighted by Gasteiger charge is -2.23. The molecule has 0 unspecified atom stereocenters. The van der Waals surface area contributed by atoms with Crippen molar-refractivity contribution in [1.29, 1.82) is 0 Å². The van der Waals surface area contributed by atoms with E-state index in [0.717, 1.165) is 25.7 Å². The summed E-state index contributed by atoms with van der Waals surface area (Å²) in [6.07, 6.45) is 12.5. The molecular weight excluding hydrogens is 286 g/mol. The number of rotatable bonds is 8. The van der Waals surface area contributed by atoms with Gasteiger partial charge in [0, 0.05) is 19.4 Å². The molecule has 128 valence electrons. The van der Waals surface area contributed by atoms with Crippen LogP contribution < -0.4 is 0 Å². The van der Waals surface area contributed by atoms with Gasteiger partial charge >= 0.3 is 0 Å². The predicted molar refractivity (Wildman–Crippen MR) is 96.0 cm³/mol. The number of likely N-dealkylation sites (tertiary alicyclic amines) is 1. The molecule has 0 N–H and O–H groups in total. The quantitative estimate of drug-likeness (QED) is 0.469. The SMILES string of the molecule is CC(C)=CCC/C(C)=C/CC/C(C)=C/CN1C(=O)CCCC1=O. The lowest BCUT2D eigenvalue weighted by atomic mass is 10.1. The third-order valence-electron chi connectivity index (χ3n) is 4.13. The molecule has 0 radical (unpaired) electrons. The first-order valence-corrected chi connectivity index (χ1v) is 8.68. The Morgan fingerprint density at radius 3 is 1.96 bits per heavy atom. The highest BCUT2D eigenvalue weighted by atomic mass is 16.2. The first-order valence-electron chi connectivity index (χ1n) is 8.68. The van der Waals surface area contributed by atoms with E-state index < -0.39 is 0 Å². The average molecular weight is 317 g/mol. The van der Waals surface area contributed by atoms with Crippen molar-refractivity contribution in [1.82, 2.24) is 4.90 Å². The first-order chi connectivity index (χ1) is 10.9. The molecule has 0 aromatic heterocycles. The van der Waals surface area contributed by atoms with E-state index in [4.69, 9.17) is 0 Å². The van der Waals surface area contributed by atoms with Gasteiger partial charge in [-0.15, -0.1) is 0 Å². The van der Waals surface area contributed by atoms with Gasteiger partial charge in [0.2, 0.25) is 11.8 Å². The van der Waals surface area contributed by atoms with Crippen LogP contribution in [-0.4, -0.2) is 23.3 Å². The van der Waals surface area contributed by atoms with Gasteiger partial charge in [-0.3, -0.25) is 14.5 Å². The number of amides is 2. The summed E-state index contributed by atoms with van der Waals surface area (Å²) in [5, 5.41) is 0. The Kier molecular flexibility index (Phi) is 8.60. The number of piperidine rings is 1. The topological polar surface area (TPSA) is 37.4 Å². The Hall–Kier alpha value is -1.64. The Labute approximate surface area is 141 Å². The summed E-state index contributed by atoms with van der Waals surface area (Å²) in [6.45, 7) is 8.96. The molecular formula is C20H31NO2. The number of carbonyl (C=O) groups excluding carboxylic acids is 2. The summed E-state index contributed by atoms with van der Waals surface area (Å²) in [6, 6.07) is 0. The van der Waals surface area contributed by atoms with E-state index in [0.29, 0.717) is 25.8 Å². The van der Waals surface area contributed by atoms with E-state index in [2.05, 4.69) is 39.8 Å². The molecule has 3 nitrogen and oxygen atoms in total. The largest absolute Gasteiger partial charge is 0.279 e. The Morgan fingerprint density at radius 1 is 0.870 bits per heavy atom. The fourth-order valence-electron chi connectivity index (χ4n) is 2.59. The Balaban J connectivity index is 2.35. The van der Waals surface area contributed by atoms with Crippen LogP contribution in [0.5, 0.6) is 0 Å². The fourth-order valence-corrected chi connectivity index (χ4v) is 2.59. The lowest BCUT2D eigenvalue weighted by Crippen LogP contribution is -2.40. The predicted octanol–water partition coefficient (Wildman–Crippen LogP) is 4.94. The smallest absolute Gasteiger partial charge is 0.229 e. The molecule has 3 heteroatoms. The van der Waals surface area contributed by atoms with E-state index in [9.17, 15) is 9.59 Å². The maximum Gasteiger partial charge on any atom is 0.229 e. The molecule has 1 saturated heterocycles. The molecule has 0 aliphatic carbocycles. The van der Waals surface area contributed by atoms with Crippen molar-refractivity contribution in [3.8, 4) is 0 Å². The van der Waals surface area contributed by atoms with Crippen molar-refractivity contribution >= 4 is 11.8 Å². The minimum Gasteiger partial charge on any atom is -0.279 e. The molecule has 0 saturated carbocycles. The van der Waals surface area contributed by atoms with Gasteiger partial charge in [-0.1, -0.05) is 34.9 Å². The van der Waals surface area contributed by atoms with Gasteiger partial charge in [0.15, 0.2) is 0 Å². The number of imide groups is 1. The van der Waals surface area contributed by atoms with Crippen molar-refractivity contribution in [2.45, 2.75) is 72.6 Å². The molecule has 1 aliphatic heterocycles. The molecule has 2 amide bonds. The number of hydrogen-bond acceptors (Lipinski definition) is 2. The number of nitrogens with zero attached hydrogens (tertiary/aromatic N) is 1. The van der Waals surface area contributed by atoms with E-state index in [1.54, 1.807) is 0 Å². The van der Waals surface area contributed by atoms with Crippen LogP contribution in [0.3, 0.4) is 0 Å². The number of carbonyl (C=O) groups is 2. The fraction of sp³-hybridized carbons (Fsp3) is 0.600. The summed E-state index contributed by atoms with van der Waals surface area (Å²) in [7, 11) is 0. The van der Waals surface area contributed by atoms with Crippen LogP contribution in [0.15, 0.2) is 34.9 Å². The summed E-state index contributed by atoms with van der Waals surface area (Å²) in [5.74, 6) is -0.0550. The third-order valence-corrected chi connectivity index (χ3v) is 4.13. The van der Waals surface area contributed by atoms with Crippen molar-refractivity contribution < 1.29 is 9.59 Å². The lowest BCUT2D eigenvalue weighted by molar-refractivity contribution is -0.147. The zero-order valence-electron chi connectivity index (χ0n) is 15.2. The highest BCUT2D eigenvalue weighted by Gasteiger charge is 2.24. The van der Waals surface area contributed by atoms with Gasteiger partial charge < -0.3 is 0 Å². The molecule has 0 atom stereocenters. The van der Waals surface area contributed by atoms with Gasteiger partial charge in [-0.05, 0) is 59.8 Å². The second-order valence-corrected chi connectivity index (χ2v) is 6.71. The van der Waals surface area contributed by atoms with Crippen LogP contribution in [-0.2, 0) is 9.59 Å². The third kappa shape index (κ3) is 7.96. The van der Waals surface area contributed by atoms with E-state index in [-0.39, 0.29) is 11.8 Å². The monoisotopic (exact) mass is 317 g/mol. The van der Waals surface area contributed by atoms with Gasteiger partial charge in [0.05, 0.1) is 0 Å². The molecule has 0 spiro atoms. The van der Waals surface area contributed by atoms with Crippen molar-refractivity contribution in [2.24, 2.45) is 0 Å². The molecule has 1 aliphatic rings. The van der Waals surface area contributed by atoms with Crippen molar-refractivity contribution in [2.75, 3.05) is 6.54 Å². The second-order valence-electron chi connectivity index (χ2n) is 6.71. The molecule has 23 heavy (non-hydrogen) atoms. The van der Waals surface area contributed by atoms with Gasteiger partial charge in [-0.2, -0.15) is 0 Å². The van der Waals surface area contributed by atoms with Gasteiger partial charge in [0.25, 0.3) is 0 Å². The van der Waals surface area contributed by atoms with Crippen LogP contribution in [0.2, 0.25) is 0 Å². The van der Waals surface area contributed by atoms with Crippen molar-refractivity contribution in [3.63, 3.8) is 0 Å². The summed E-state index contributed by atoms with van der Waals surface area (Å²) >= 11 is 0. The second kappa shape index (κ2) is 10.2. The molecule has 1 heterocycles. The van der Waals surface area contributed by atoms with Crippen LogP contribution in [0.25, 0.3) is 0 Å². The molecule has 0 aromatic carbocycles. The Bertz CT molecular complexity index is 492. The van der Waals surface area contributed by atoms with Crippen LogP contribution in [0.1, 0.15) is 72.6 Å². The summed E-state index contributed by atoms with van der Waals surface area (Å²) < 4.78 is 0. The molecule has 0 aromatic rings. The van der Waals surface area contributed by atoms with Crippen LogP contribution in [0, 0.1) is 0 Å². The molecule has 1 fully saturated rings. The van der Waals surface area contributed by atoms with Crippen LogP contribution in [0.4, 0.5) is 0 Å². The zero-order valence-corrected chi connectivity index (χ0v) is 15.2. The highest BCUT2D eigenvalue weighted by Crippen LogP contribution is 2.14.